The average molecular weight is 359 g/mol. The van der Waals surface area contributed by atoms with E-state index >= 15 is 0 Å². The molecular formula is C19H25N3O4. The van der Waals surface area contributed by atoms with E-state index in [1.807, 2.05) is 4.90 Å². The summed E-state index contributed by atoms with van der Waals surface area (Å²) in [5.41, 5.74) is 0.390. The van der Waals surface area contributed by atoms with Gasteiger partial charge in [0.1, 0.15) is 0 Å². The molecule has 1 aliphatic carbocycles. The largest absolute Gasteiger partial charge is 0.481 e. The van der Waals surface area contributed by atoms with E-state index in [-0.39, 0.29) is 24.3 Å². The minimum Gasteiger partial charge on any atom is -0.481 e. The fourth-order valence-electron chi connectivity index (χ4n) is 4.26. The summed E-state index contributed by atoms with van der Waals surface area (Å²) in [4.78, 5) is 39.5. The summed E-state index contributed by atoms with van der Waals surface area (Å²) in [5.74, 6) is -0.927. The average Bonchev–Trinajstić information content (AvgIpc) is 3.12. The number of amides is 2. The van der Waals surface area contributed by atoms with Gasteiger partial charge in [-0.15, -0.1) is 0 Å². The molecule has 0 unspecified atom stereocenters. The predicted molar refractivity (Wildman–Crippen MR) is 96.9 cm³/mol. The summed E-state index contributed by atoms with van der Waals surface area (Å²) in [5, 5.41) is 12.4. The molecule has 2 fully saturated rings. The lowest BCUT2D eigenvalue weighted by molar-refractivity contribution is -0.149. The minimum atomic E-state index is -0.738. The molecule has 2 amide bonds. The molecular weight excluding hydrogens is 334 g/mol. The summed E-state index contributed by atoms with van der Waals surface area (Å²) < 4.78 is 0. The van der Waals surface area contributed by atoms with E-state index in [9.17, 15) is 19.5 Å². The third-order valence-electron chi connectivity index (χ3n) is 5.53. The van der Waals surface area contributed by atoms with Gasteiger partial charge in [-0.1, -0.05) is 12.5 Å². The maximum atomic E-state index is 12.4. The van der Waals surface area contributed by atoms with Crippen molar-refractivity contribution in [3.05, 3.63) is 29.8 Å². The van der Waals surface area contributed by atoms with Crippen LogP contribution in [0, 0.1) is 11.3 Å². The summed E-state index contributed by atoms with van der Waals surface area (Å²) in [6, 6.07) is 6.82. The van der Waals surface area contributed by atoms with Crippen molar-refractivity contribution in [2.75, 3.05) is 39.0 Å². The smallest absolute Gasteiger partial charge is 0.311 e. The van der Waals surface area contributed by atoms with Crippen LogP contribution >= 0.6 is 0 Å². The monoisotopic (exact) mass is 359 g/mol. The first-order valence-electron chi connectivity index (χ1n) is 8.89. The molecule has 3 rings (SSSR count). The van der Waals surface area contributed by atoms with Gasteiger partial charge >= 0.3 is 5.97 Å². The number of likely N-dealkylation sites (tertiary alicyclic amines) is 1. The lowest BCUT2D eigenvalue weighted by Gasteiger charge is -2.23. The third kappa shape index (κ3) is 3.44. The summed E-state index contributed by atoms with van der Waals surface area (Å²) in [6.45, 7) is 1.25. The lowest BCUT2D eigenvalue weighted by Crippen LogP contribution is -2.37. The number of aliphatic carboxylic acids is 1. The van der Waals surface area contributed by atoms with Crippen molar-refractivity contribution in [2.24, 2.45) is 11.3 Å². The van der Waals surface area contributed by atoms with Crippen molar-refractivity contribution in [1.82, 2.24) is 9.80 Å². The summed E-state index contributed by atoms with van der Waals surface area (Å²) in [7, 11) is 3.35. The van der Waals surface area contributed by atoms with Gasteiger partial charge in [0, 0.05) is 38.4 Å². The SMILES string of the molecule is CN(C)C(=O)c1cccc(NC(=O)CN2C[C@@H]3CCC[C@@]3(C(=O)O)C2)c1. The number of nitrogens with zero attached hydrogens (tertiary/aromatic N) is 2. The molecule has 2 aliphatic rings. The molecule has 0 bridgehead atoms. The molecule has 0 radical (unpaired) electrons. The zero-order valence-corrected chi connectivity index (χ0v) is 15.2. The maximum Gasteiger partial charge on any atom is 0.311 e. The van der Waals surface area contributed by atoms with Crippen LogP contribution in [0.15, 0.2) is 24.3 Å². The highest BCUT2D eigenvalue weighted by atomic mass is 16.4. The summed E-state index contributed by atoms with van der Waals surface area (Å²) in [6.07, 6.45) is 2.56. The van der Waals surface area contributed by atoms with Crippen LogP contribution in [0.5, 0.6) is 0 Å². The molecule has 7 nitrogen and oxygen atoms in total. The molecule has 1 saturated heterocycles. The van der Waals surface area contributed by atoms with Gasteiger partial charge in [0.25, 0.3) is 5.91 Å². The molecule has 2 N–H and O–H groups in total. The number of fused-ring (bicyclic) bond motifs is 1. The van der Waals surface area contributed by atoms with Crippen molar-refractivity contribution in [2.45, 2.75) is 19.3 Å². The molecule has 1 saturated carbocycles. The fourth-order valence-corrected chi connectivity index (χ4v) is 4.26. The van der Waals surface area contributed by atoms with E-state index in [1.165, 1.54) is 4.90 Å². The molecule has 0 aromatic heterocycles. The number of carboxylic acids is 1. The van der Waals surface area contributed by atoms with Gasteiger partial charge in [0.15, 0.2) is 0 Å². The van der Waals surface area contributed by atoms with Crippen molar-refractivity contribution >= 4 is 23.5 Å². The number of rotatable bonds is 5. The molecule has 26 heavy (non-hydrogen) atoms. The number of hydrogen-bond donors (Lipinski definition) is 2. The van der Waals surface area contributed by atoms with Crippen LogP contribution in [0.2, 0.25) is 0 Å². The molecule has 2 atom stereocenters. The Balaban J connectivity index is 1.61. The highest BCUT2D eigenvalue weighted by Crippen LogP contribution is 2.48. The highest BCUT2D eigenvalue weighted by Gasteiger charge is 2.54. The van der Waals surface area contributed by atoms with Crippen LogP contribution in [-0.2, 0) is 9.59 Å². The molecule has 1 heterocycles. The molecule has 1 aliphatic heterocycles. The van der Waals surface area contributed by atoms with E-state index < -0.39 is 11.4 Å². The molecule has 140 valence electrons. The second-order valence-electron chi connectivity index (χ2n) is 7.55. The van der Waals surface area contributed by atoms with Crippen molar-refractivity contribution in [3.8, 4) is 0 Å². The minimum absolute atomic E-state index is 0.128. The Hall–Kier alpha value is -2.41. The van der Waals surface area contributed by atoms with E-state index in [4.69, 9.17) is 0 Å². The Morgan fingerprint density at radius 2 is 2.12 bits per heavy atom. The lowest BCUT2D eigenvalue weighted by atomic mass is 9.81. The number of carbonyl (C=O) groups excluding carboxylic acids is 2. The Kier molecular flexibility index (Phi) is 5.00. The van der Waals surface area contributed by atoms with Gasteiger partial charge in [0.2, 0.25) is 5.91 Å². The standard InChI is InChI=1S/C19H25N3O4/c1-21(2)17(24)13-5-3-7-15(9-13)20-16(23)11-22-10-14-6-4-8-19(14,12-22)18(25)26/h3,5,7,9,14H,4,6,8,10-12H2,1-2H3,(H,20,23)(H,25,26)/t14-,19+/m0/s1. The Morgan fingerprint density at radius 3 is 2.77 bits per heavy atom. The normalized spacial score (nSPS) is 24.9. The Morgan fingerprint density at radius 1 is 1.35 bits per heavy atom. The number of anilines is 1. The fraction of sp³-hybridized carbons (Fsp3) is 0.526. The number of carbonyl (C=O) groups is 3. The first kappa shape index (κ1) is 18.4. The molecule has 1 aromatic rings. The van der Waals surface area contributed by atoms with E-state index in [2.05, 4.69) is 5.32 Å². The van der Waals surface area contributed by atoms with Crippen LogP contribution in [0.25, 0.3) is 0 Å². The van der Waals surface area contributed by atoms with Crippen molar-refractivity contribution < 1.29 is 19.5 Å². The van der Waals surface area contributed by atoms with E-state index in [0.29, 0.717) is 30.8 Å². The van der Waals surface area contributed by atoms with Crippen molar-refractivity contribution in [1.29, 1.82) is 0 Å². The third-order valence-corrected chi connectivity index (χ3v) is 5.53. The maximum absolute atomic E-state index is 12.4. The van der Waals surface area contributed by atoms with Crippen LogP contribution < -0.4 is 5.32 Å². The number of hydrogen-bond acceptors (Lipinski definition) is 4. The van der Waals surface area contributed by atoms with Crippen LogP contribution in [0.4, 0.5) is 5.69 Å². The van der Waals surface area contributed by atoms with Gasteiger partial charge in [-0.05, 0) is 37.0 Å². The van der Waals surface area contributed by atoms with E-state index in [0.717, 1.165) is 12.8 Å². The highest BCUT2D eigenvalue weighted by molar-refractivity contribution is 5.97. The summed E-state index contributed by atoms with van der Waals surface area (Å²) >= 11 is 0. The Bertz CT molecular complexity index is 733. The molecule has 0 spiro atoms. The zero-order chi connectivity index (χ0) is 18.9. The predicted octanol–water partition coefficient (Wildman–Crippen LogP) is 1.51. The second-order valence-corrected chi connectivity index (χ2v) is 7.55. The number of carboxylic acid groups (broad SMARTS) is 1. The Labute approximate surface area is 153 Å². The zero-order valence-electron chi connectivity index (χ0n) is 15.2. The first-order valence-corrected chi connectivity index (χ1v) is 8.89. The van der Waals surface area contributed by atoms with Crippen LogP contribution in [-0.4, -0.2) is 66.4 Å². The van der Waals surface area contributed by atoms with Crippen molar-refractivity contribution in [3.63, 3.8) is 0 Å². The van der Waals surface area contributed by atoms with E-state index in [1.54, 1.807) is 38.4 Å². The molecule has 7 heteroatoms. The second kappa shape index (κ2) is 7.07. The van der Waals surface area contributed by atoms with Gasteiger partial charge in [-0.25, -0.2) is 0 Å². The number of benzene rings is 1. The number of nitrogens with one attached hydrogen (secondary N) is 1. The van der Waals surface area contributed by atoms with Gasteiger partial charge in [-0.3, -0.25) is 19.3 Å². The first-order chi connectivity index (χ1) is 12.3. The quantitative estimate of drug-likeness (QED) is 0.832. The van der Waals surface area contributed by atoms with Gasteiger partial charge in [0.05, 0.1) is 12.0 Å². The van der Waals surface area contributed by atoms with Gasteiger partial charge in [-0.2, -0.15) is 0 Å². The van der Waals surface area contributed by atoms with Crippen LogP contribution in [0.3, 0.4) is 0 Å². The van der Waals surface area contributed by atoms with Gasteiger partial charge < -0.3 is 15.3 Å². The molecule has 1 aromatic carbocycles. The van der Waals surface area contributed by atoms with Crippen LogP contribution in [0.1, 0.15) is 29.6 Å². The topological polar surface area (TPSA) is 90.0 Å².